The number of hydrogen-bond acceptors (Lipinski definition) is 6. The lowest BCUT2D eigenvalue weighted by molar-refractivity contribution is -0.139. The zero-order chi connectivity index (χ0) is 18.8. The quantitative estimate of drug-likeness (QED) is 0.836. The van der Waals surface area contributed by atoms with Gasteiger partial charge in [0, 0.05) is 5.56 Å². The predicted molar refractivity (Wildman–Crippen MR) is 95.0 cm³/mol. The molecule has 1 aliphatic heterocycles. The van der Waals surface area contributed by atoms with Crippen LogP contribution in [0.4, 0.5) is 0 Å². The molecule has 2 N–H and O–H groups in total. The molecule has 1 aromatic carbocycles. The van der Waals surface area contributed by atoms with E-state index in [9.17, 15) is 10.1 Å². The van der Waals surface area contributed by atoms with Crippen LogP contribution in [-0.4, -0.2) is 19.7 Å². The Labute approximate surface area is 152 Å². The normalized spacial score (nSPS) is 18.9. The molecule has 0 radical (unpaired) electrons. The van der Waals surface area contributed by atoms with Gasteiger partial charge in [0.05, 0.1) is 25.2 Å². The lowest BCUT2D eigenvalue weighted by Gasteiger charge is -2.28. The summed E-state index contributed by atoms with van der Waals surface area (Å²) in [6.07, 6.45) is 3.05. The van der Waals surface area contributed by atoms with Gasteiger partial charge in [-0.15, -0.1) is 0 Å². The van der Waals surface area contributed by atoms with Gasteiger partial charge in [-0.3, -0.25) is 0 Å². The molecule has 6 nitrogen and oxygen atoms in total. The largest absolute Gasteiger partial charge is 0.496 e. The Bertz CT molecular complexity index is 861. The minimum absolute atomic E-state index is 0.00519. The first-order valence-corrected chi connectivity index (χ1v) is 8.66. The van der Waals surface area contributed by atoms with E-state index in [0.717, 1.165) is 24.8 Å². The lowest BCUT2D eigenvalue weighted by Crippen LogP contribution is -2.26. The molecule has 0 bridgehead atoms. The molecule has 2 aliphatic rings. The number of ether oxygens (including phenoxy) is 3. The fraction of sp³-hybridized carbons (Fsp3) is 0.400. The van der Waals surface area contributed by atoms with Gasteiger partial charge < -0.3 is 19.9 Å². The number of carbonyl (C=O) groups excluding carboxylic acids is 1. The van der Waals surface area contributed by atoms with Gasteiger partial charge in [0.25, 0.3) is 0 Å². The highest BCUT2D eigenvalue weighted by Crippen LogP contribution is 2.44. The van der Waals surface area contributed by atoms with Crippen LogP contribution >= 0.6 is 0 Å². The topological polar surface area (TPSA) is 94.6 Å². The van der Waals surface area contributed by atoms with Gasteiger partial charge in [-0.1, -0.05) is 6.07 Å². The SMILES string of the molecule is CCOC(=O)C1=C(C)OC(N)=C(C#N)C1c1cc2c(cc1OC)CCC2. The van der Waals surface area contributed by atoms with E-state index < -0.39 is 11.9 Å². The Balaban J connectivity index is 2.22. The fourth-order valence-electron chi connectivity index (χ4n) is 3.69. The molecule has 0 fully saturated rings. The van der Waals surface area contributed by atoms with E-state index in [1.54, 1.807) is 21.0 Å². The number of esters is 1. The number of nitriles is 1. The average Bonchev–Trinajstić information content (AvgIpc) is 3.07. The number of benzene rings is 1. The second-order valence-electron chi connectivity index (χ2n) is 6.33. The number of allylic oxidation sites excluding steroid dienone is 2. The summed E-state index contributed by atoms with van der Waals surface area (Å²) < 4.78 is 16.3. The number of aryl methyl sites for hydroxylation is 2. The Morgan fingerprint density at radius 1 is 1.38 bits per heavy atom. The van der Waals surface area contributed by atoms with Crippen molar-refractivity contribution in [3.63, 3.8) is 0 Å². The van der Waals surface area contributed by atoms with Crippen molar-refractivity contribution in [2.45, 2.75) is 39.0 Å². The molecule has 26 heavy (non-hydrogen) atoms. The van der Waals surface area contributed by atoms with Crippen molar-refractivity contribution in [2.75, 3.05) is 13.7 Å². The van der Waals surface area contributed by atoms with Crippen molar-refractivity contribution in [3.05, 3.63) is 51.6 Å². The number of rotatable bonds is 4. The Hall–Kier alpha value is -2.94. The highest BCUT2D eigenvalue weighted by Gasteiger charge is 2.38. The molecular formula is C20H22N2O4. The van der Waals surface area contributed by atoms with Crippen LogP contribution in [0.15, 0.2) is 34.9 Å². The summed E-state index contributed by atoms with van der Waals surface area (Å²) in [7, 11) is 1.58. The van der Waals surface area contributed by atoms with Crippen molar-refractivity contribution in [3.8, 4) is 11.8 Å². The van der Waals surface area contributed by atoms with Crippen LogP contribution in [0.5, 0.6) is 5.75 Å². The molecule has 136 valence electrons. The Kier molecular flexibility index (Phi) is 4.90. The van der Waals surface area contributed by atoms with Gasteiger partial charge in [0.2, 0.25) is 5.88 Å². The number of methoxy groups -OCH3 is 1. The summed E-state index contributed by atoms with van der Waals surface area (Å²) in [6, 6.07) is 6.12. The highest BCUT2D eigenvalue weighted by atomic mass is 16.5. The molecule has 1 aromatic rings. The minimum Gasteiger partial charge on any atom is -0.496 e. The van der Waals surface area contributed by atoms with E-state index in [2.05, 4.69) is 6.07 Å². The first-order valence-electron chi connectivity index (χ1n) is 8.66. The summed E-state index contributed by atoms with van der Waals surface area (Å²) in [5.74, 6) is -0.211. The van der Waals surface area contributed by atoms with E-state index in [-0.39, 0.29) is 23.6 Å². The van der Waals surface area contributed by atoms with Crippen LogP contribution in [0.2, 0.25) is 0 Å². The van der Waals surface area contributed by atoms with Gasteiger partial charge >= 0.3 is 5.97 Å². The van der Waals surface area contributed by atoms with Gasteiger partial charge in [0.1, 0.15) is 23.2 Å². The Morgan fingerprint density at radius 2 is 2.08 bits per heavy atom. The van der Waals surface area contributed by atoms with Crippen LogP contribution in [0.3, 0.4) is 0 Å². The van der Waals surface area contributed by atoms with E-state index in [4.69, 9.17) is 19.9 Å². The van der Waals surface area contributed by atoms with Crippen molar-refractivity contribution < 1.29 is 19.0 Å². The summed E-state index contributed by atoms with van der Waals surface area (Å²) in [5, 5.41) is 9.68. The van der Waals surface area contributed by atoms with Crippen LogP contribution in [0.1, 0.15) is 42.9 Å². The van der Waals surface area contributed by atoms with E-state index in [0.29, 0.717) is 11.5 Å². The summed E-state index contributed by atoms with van der Waals surface area (Å²) >= 11 is 0. The fourth-order valence-corrected chi connectivity index (χ4v) is 3.69. The van der Waals surface area contributed by atoms with Crippen molar-refractivity contribution in [2.24, 2.45) is 5.73 Å². The van der Waals surface area contributed by atoms with Crippen molar-refractivity contribution in [1.82, 2.24) is 0 Å². The van der Waals surface area contributed by atoms with Crippen LogP contribution in [0, 0.1) is 11.3 Å². The third kappa shape index (κ3) is 2.90. The molecule has 1 atom stereocenters. The number of nitrogens with zero attached hydrogens (tertiary/aromatic N) is 1. The zero-order valence-corrected chi connectivity index (χ0v) is 15.2. The van der Waals surface area contributed by atoms with Crippen LogP contribution < -0.4 is 10.5 Å². The molecule has 1 heterocycles. The first kappa shape index (κ1) is 17.9. The maximum Gasteiger partial charge on any atom is 0.338 e. The average molecular weight is 354 g/mol. The van der Waals surface area contributed by atoms with Crippen molar-refractivity contribution >= 4 is 5.97 Å². The third-order valence-electron chi connectivity index (χ3n) is 4.86. The van der Waals surface area contributed by atoms with Crippen LogP contribution in [-0.2, 0) is 27.1 Å². The molecule has 6 heteroatoms. The van der Waals surface area contributed by atoms with Crippen molar-refractivity contribution in [1.29, 1.82) is 5.26 Å². The first-order chi connectivity index (χ1) is 12.5. The molecule has 0 saturated carbocycles. The second kappa shape index (κ2) is 7.12. The molecule has 1 aliphatic carbocycles. The molecule has 1 unspecified atom stereocenters. The number of hydrogen-bond donors (Lipinski definition) is 1. The summed E-state index contributed by atoms with van der Waals surface area (Å²) in [5.41, 5.74) is 9.62. The summed E-state index contributed by atoms with van der Waals surface area (Å²) in [4.78, 5) is 12.6. The number of carbonyl (C=O) groups is 1. The van der Waals surface area contributed by atoms with E-state index >= 15 is 0 Å². The molecule has 3 rings (SSSR count). The lowest BCUT2D eigenvalue weighted by atomic mass is 9.81. The molecule has 0 aromatic heterocycles. The number of fused-ring (bicyclic) bond motifs is 1. The Morgan fingerprint density at radius 3 is 2.69 bits per heavy atom. The highest BCUT2D eigenvalue weighted by molar-refractivity contribution is 5.92. The maximum atomic E-state index is 12.6. The molecule has 0 spiro atoms. The summed E-state index contributed by atoms with van der Waals surface area (Å²) in [6.45, 7) is 3.61. The van der Waals surface area contributed by atoms with E-state index in [1.165, 1.54) is 11.1 Å². The molecule has 0 amide bonds. The van der Waals surface area contributed by atoms with E-state index in [1.807, 2.05) is 12.1 Å². The van der Waals surface area contributed by atoms with Crippen LogP contribution in [0.25, 0.3) is 0 Å². The zero-order valence-electron chi connectivity index (χ0n) is 15.2. The molecule has 0 saturated heterocycles. The predicted octanol–water partition coefficient (Wildman–Crippen LogP) is 2.83. The number of nitrogens with two attached hydrogens (primary N) is 1. The maximum absolute atomic E-state index is 12.6. The third-order valence-corrected chi connectivity index (χ3v) is 4.86. The monoisotopic (exact) mass is 354 g/mol. The standard InChI is InChI=1S/C20H22N2O4/c1-4-25-20(23)17-11(2)26-19(22)15(10-21)18(17)14-8-12-6-5-7-13(12)9-16(14)24-3/h8-9,18H,4-7,22H2,1-3H3. The van der Waals surface area contributed by atoms with Gasteiger partial charge in [-0.2, -0.15) is 5.26 Å². The smallest absolute Gasteiger partial charge is 0.338 e. The second-order valence-corrected chi connectivity index (χ2v) is 6.33. The minimum atomic E-state index is -0.673. The van der Waals surface area contributed by atoms with Gasteiger partial charge in [-0.25, -0.2) is 4.79 Å². The van der Waals surface area contributed by atoms with Gasteiger partial charge in [0.15, 0.2) is 0 Å². The van der Waals surface area contributed by atoms with Gasteiger partial charge in [-0.05, 0) is 50.3 Å². The molecular weight excluding hydrogens is 332 g/mol.